The van der Waals surface area contributed by atoms with Crippen molar-refractivity contribution in [2.75, 3.05) is 0 Å². The molecular formula is C20H18N2O4. The molecule has 0 saturated carbocycles. The molecular weight excluding hydrogens is 332 g/mol. The topological polar surface area (TPSA) is 81.8 Å². The molecule has 0 aromatic heterocycles. The van der Waals surface area contributed by atoms with E-state index in [0.717, 1.165) is 5.56 Å². The van der Waals surface area contributed by atoms with Gasteiger partial charge in [-0.15, -0.1) is 0 Å². The Morgan fingerprint density at radius 2 is 1.65 bits per heavy atom. The van der Waals surface area contributed by atoms with Crippen LogP contribution in [0.3, 0.4) is 0 Å². The molecule has 0 amide bonds. The number of hydrogen-bond donors (Lipinski definition) is 0. The third-order valence-corrected chi connectivity index (χ3v) is 4.03. The van der Waals surface area contributed by atoms with E-state index in [1.807, 2.05) is 24.3 Å². The predicted molar refractivity (Wildman–Crippen MR) is 98.8 cm³/mol. The Morgan fingerprint density at radius 1 is 1.04 bits per heavy atom. The molecule has 0 aliphatic carbocycles. The van der Waals surface area contributed by atoms with Crippen molar-refractivity contribution in [3.63, 3.8) is 0 Å². The highest BCUT2D eigenvalue weighted by Crippen LogP contribution is 2.24. The minimum absolute atomic E-state index is 0.00993. The number of nitrogens with zero attached hydrogens (tertiary/aromatic N) is 2. The molecule has 0 radical (unpaired) electrons. The van der Waals surface area contributed by atoms with Crippen LogP contribution in [0, 0.1) is 10.1 Å². The molecule has 0 bridgehead atoms. The summed E-state index contributed by atoms with van der Waals surface area (Å²) in [7, 11) is 0. The number of ether oxygens (including phenoxy) is 1. The lowest BCUT2D eigenvalue weighted by Crippen LogP contribution is -2.11. The van der Waals surface area contributed by atoms with Crippen molar-refractivity contribution in [2.24, 2.45) is 4.99 Å². The second-order valence-electron chi connectivity index (χ2n) is 7.01. The molecule has 0 fully saturated rings. The van der Waals surface area contributed by atoms with Gasteiger partial charge < -0.3 is 4.74 Å². The molecule has 1 aliphatic rings. The molecule has 0 atom stereocenters. The van der Waals surface area contributed by atoms with Crippen molar-refractivity contribution in [2.45, 2.75) is 26.2 Å². The van der Waals surface area contributed by atoms with E-state index in [0.29, 0.717) is 5.56 Å². The van der Waals surface area contributed by atoms with Crippen LogP contribution < -0.4 is 0 Å². The van der Waals surface area contributed by atoms with E-state index < -0.39 is 10.9 Å². The second kappa shape index (κ2) is 6.55. The Hall–Kier alpha value is -3.28. The molecule has 2 aromatic carbocycles. The summed E-state index contributed by atoms with van der Waals surface area (Å²) in [5.41, 5.74) is 2.72. The van der Waals surface area contributed by atoms with E-state index in [4.69, 9.17) is 4.74 Å². The minimum atomic E-state index is -0.543. The third kappa shape index (κ3) is 3.69. The Labute approximate surface area is 151 Å². The minimum Gasteiger partial charge on any atom is -0.402 e. The molecule has 6 nitrogen and oxygen atoms in total. The van der Waals surface area contributed by atoms with Crippen LogP contribution in [-0.2, 0) is 14.9 Å². The van der Waals surface area contributed by atoms with Gasteiger partial charge in [-0.3, -0.25) is 10.1 Å². The summed E-state index contributed by atoms with van der Waals surface area (Å²) >= 11 is 0. The van der Waals surface area contributed by atoms with Gasteiger partial charge >= 0.3 is 5.97 Å². The first-order chi connectivity index (χ1) is 12.2. The average Bonchev–Trinajstić information content (AvgIpc) is 2.95. The predicted octanol–water partition coefficient (Wildman–Crippen LogP) is 4.24. The number of esters is 1. The number of cyclic esters (lactones) is 1. The molecule has 0 N–H and O–H groups in total. The molecule has 26 heavy (non-hydrogen) atoms. The Morgan fingerprint density at radius 3 is 2.19 bits per heavy atom. The summed E-state index contributed by atoms with van der Waals surface area (Å²) in [6, 6.07) is 13.6. The van der Waals surface area contributed by atoms with Gasteiger partial charge in [0.15, 0.2) is 5.70 Å². The monoisotopic (exact) mass is 350 g/mol. The molecule has 132 valence electrons. The highest BCUT2D eigenvalue weighted by molar-refractivity contribution is 6.12. The highest BCUT2D eigenvalue weighted by Gasteiger charge is 2.24. The van der Waals surface area contributed by atoms with Gasteiger partial charge in [0.05, 0.1) is 4.92 Å². The summed E-state index contributed by atoms with van der Waals surface area (Å²) < 4.78 is 5.25. The van der Waals surface area contributed by atoms with E-state index in [2.05, 4.69) is 25.8 Å². The van der Waals surface area contributed by atoms with Crippen LogP contribution in [0.2, 0.25) is 0 Å². The van der Waals surface area contributed by atoms with Crippen molar-refractivity contribution >= 4 is 23.6 Å². The van der Waals surface area contributed by atoms with Gasteiger partial charge in [0.25, 0.3) is 5.69 Å². The Bertz CT molecular complexity index is 918. The third-order valence-electron chi connectivity index (χ3n) is 4.03. The van der Waals surface area contributed by atoms with E-state index in [-0.39, 0.29) is 22.7 Å². The smallest absolute Gasteiger partial charge is 0.363 e. The molecule has 2 aromatic rings. The van der Waals surface area contributed by atoms with Gasteiger partial charge in [0, 0.05) is 17.7 Å². The SMILES string of the molecule is CC(C)(C)c1ccc(C2=N/C(=C/c3ccc([N+](=O)[O-])cc3)C(=O)O2)cc1. The summed E-state index contributed by atoms with van der Waals surface area (Å²) in [6.45, 7) is 6.38. The molecule has 0 unspecified atom stereocenters. The van der Waals surface area contributed by atoms with Gasteiger partial charge in [-0.25, -0.2) is 9.79 Å². The number of carbonyl (C=O) groups excluding carboxylic acids is 1. The first kappa shape index (κ1) is 17.5. The maximum absolute atomic E-state index is 12.1. The van der Waals surface area contributed by atoms with Gasteiger partial charge in [-0.1, -0.05) is 32.9 Å². The van der Waals surface area contributed by atoms with Gasteiger partial charge in [-0.05, 0) is 46.9 Å². The Balaban J connectivity index is 1.85. The standard InChI is InChI=1S/C20H18N2O4/c1-20(2,3)15-8-6-14(7-9-15)18-21-17(19(23)26-18)12-13-4-10-16(11-5-13)22(24)25/h4-12H,1-3H3/b17-12+. The van der Waals surface area contributed by atoms with Gasteiger partial charge in [0.2, 0.25) is 5.90 Å². The zero-order chi connectivity index (χ0) is 18.9. The number of non-ortho nitro benzene ring substituents is 1. The number of aliphatic imine (C=N–C) groups is 1. The number of benzene rings is 2. The van der Waals surface area contributed by atoms with Crippen LogP contribution in [0.1, 0.15) is 37.5 Å². The normalized spacial score (nSPS) is 15.7. The number of rotatable bonds is 3. The molecule has 0 saturated heterocycles. The summed E-state index contributed by atoms with van der Waals surface area (Å²) in [5.74, 6) is -0.290. The summed E-state index contributed by atoms with van der Waals surface area (Å²) in [4.78, 5) is 26.5. The van der Waals surface area contributed by atoms with E-state index >= 15 is 0 Å². The van der Waals surface area contributed by atoms with E-state index in [1.54, 1.807) is 18.2 Å². The molecule has 1 heterocycles. The number of carbonyl (C=O) groups is 1. The lowest BCUT2D eigenvalue weighted by Gasteiger charge is -2.18. The molecule has 1 aliphatic heterocycles. The van der Waals surface area contributed by atoms with Crippen molar-refractivity contribution < 1.29 is 14.5 Å². The maximum Gasteiger partial charge on any atom is 0.363 e. The second-order valence-corrected chi connectivity index (χ2v) is 7.01. The fraction of sp³-hybridized carbons (Fsp3) is 0.200. The fourth-order valence-corrected chi connectivity index (χ4v) is 2.50. The van der Waals surface area contributed by atoms with E-state index in [1.165, 1.54) is 17.7 Å². The van der Waals surface area contributed by atoms with Crippen molar-refractivity contribution in [3.05, 3.63) is 81.0 Å². The lowest BCUT2D eigenvalue weighted by atomic mass is 9.87. The van der Waals surface area contributed by atoms with Crippen LogP contribution in [0.15, 0.2) is 59.2 Å². The van der Waals surface area contributed by atoms with Crippen LogP contribution in [0.5, 0.6) is 0 Å². The fourth-order valence-electron chi connectivity index (χ4n) is 2.50. The zero-order valence-corrected chi connectivity index (χ0v) is 14.7. The van der Waals surface area contributed by atoms with Crippen molar-refractivity contribution in [1.29, 1.82) is 0 Å². The van der Waals surface area contributed by atoms with Crippen LogP contribution >= 0.6 is 0 Å². The zero-order valence-electron chi connectivity index (χ0n) is 14.7. The summed E-state index contributed by atoms with van der Waals surface area (Å²) in [5, 5.41) is 10.7. The summed E-state index contributed by atoms with van der Waals surface area (Å²) in [6.07, 6.45) is 1.54. The van der Waals surface area contributed by atoms with Crippen molar-refractivity contribution in [1.82, 2.24) is 0 Å². The van der Waals surface area contributed by atoms with Crippen LogP contribution in [0.4, 0.5) is 5.69 Å². The van der Waals surface area contributed by atoms with Gasteiger partial charge in [0.1, 0.15) is 0 Å². The number of hydrogen-bond acceptors (Lipinski definition) is 5. The molecule has 3 rings (SSSR count). The van der Waals surface area contributed by atoms with Gasteiger partial charge in [-0.2, -0.15) is 0 Å². The van der Waals surface area contributed by atoms with Crippen molar-refractivity contribution in [3.8, 4) is 0 Å². The van der Waals surface area contributed by atoms with Crippen LogP contribution in [-0.4, -0.2) is 16.8 Å². The van der Waals surface area contributed by atoms with E-state index in [9.17, 15) is 14.9 Å². The van der Waals surface area contributed by atoms with Crippen LogP contribution in [0.25, 0.3) is 6.08 Å². The number of nitro benzene ring substituents is 1. The lowest BCUT2D eigenvalue weighted by molar-refractivity contribution is -0.384. The quantitative estimate of drug-likeness (QED) is 0.359. The molecule has 0 spiro atoms. The molecule has 6 heteroatoms. The number of nitro groups is 1. The Kier molecular flexibility index (Phi) is 4.42. The highest BCUT2D eigenvalue weighted by atomic mass is 16.6. The maximum atomic E-state index is 12.1. The average molecular weight is 350 g/mol. The first-order valence-electron chi connectivity index (χ1n) is 8.12. The largest absolute Gasteiger partial charge is 0.402 e. The first-order valence-corrected chi connectivity index (χ1v) is 8.12.